The van der Waals surface area contributed by atoms with Crippen LogP contribution in [0.4, 0.5) is 5.69 Å². The van der Waals surface area contributed by atoms with E-state index in [9.17, 15) is 9.59 Å². The van der Waals surface area contributed by atoms with E-state index in [2.05, 4.69) is 51.6 Å². The Morgan fingerprint density at radius 1 is 0.867 bits per heavy atom. The fourth-order valence-corrected chi connectivity index (χ4v) is 3.23. The molecule has 1 aromatic heterocycles. The zero-order valence-electron chi connectivity index (χ0n) is 17.9. The number of nitrogens with zero attached hydrogens (tertiary/aromatic N) is 2. The van der Waals surface area contributed by atoms with Crippen molar-refractivity contribution in [3.05, 3.63) is 82.2 Å². The summed E-state index contributed by atoms with van der Waals surface area (Å²) in [6, 6.07) is 15.7. The van der Waals surface area contributed by atoms with Gasteiger partial charge in [0, 0.05) is 28.3 Å². The van der Waals surface area contributed by atoms with Gasteiger partial charge in [-0.1, -0.05) is 23.8 Å². The summed E-state index contributed by atoms with van der Waals surface area (Å²) < 4.78 is 2.12. The van der Waals surface area contributed by atoms with Gasteiger partial charge in [-0.05, 0) is 76.1 Å². The minimum Gasteiger partial charge on any atom is -0.318 e. The zero-order valence-corrected chi connectivity index (χ0v) is 17.9. The molecule has 0 atom stereocenters. The van der Waals surface area contributed by atoms with Crippen LogP contribution in [0.1, 0.15) is 33.6 Å². The van der Waals surface area contributed by atoms with Crippen molar-refractivity contribution in [3.8, 4) is 5.69 Å². The van der Waals surface area contributed by atoms with Crippen LogP contribution in [0.3, 0.4) is 0 Å². The van der Waals surface area contributed by atoms with Crippen LogP contribution in [0.15, 0.2) is 53.6 Å². The molecule has 2 N–H and O–H groups in total. The van der Waals surface area contributed by atoms with Crippen LogP contribution in [0, 0.1) is 34.6 Å². The molecule has 0 fully saturated rings. The molecule has 0 unspecified atom stereocenters. The zero-order chi connectivity index (χ0) is 21.8. The number of nitrogens with one attached hydrogen (secondary N) is 2. The third-order valence-corrected chi connectivity index (χ3v) is 5.10. The van der Waals surface area contributed by atoms with Gasteiger partial charge in [-0.15, -0.1) is 0 Å². The topological polar surface area (TPSA) is 75.5 Å². The summed E-state index contributed by atoms with van der Waals surface area (Å²) in [6.07, 6.45) is 1.55. The number of carbonyl (C=O) groups is 2. The molecule has 1 heterocycles. The SMILES string of the molecule is Cc1ccc(-n2c(C)cc(/C=N\NC(=O)C(=O)Nc3ccc(C)c(C)c3)c2C)cc1. The minimum atomic E-state index is -0.822. The second kappa shape index (κ2) is 8.78. The minimum absolute atomic E-state index is 0.573. The molecule has 6 heteroatoms. The van der Waals surface area contributed by atoms with Crippen LogP contribution < -0.4 is 10.7 Å². The van der Waals surface area contributed by atoms with E-state index in [1.165, 1.54) is 5.56 Å². The van der Waals surface area contributed by atoms with Gasteiger partial charge in [0.15, 0.2) is 0 Å². The molecule has 2 amide bonds. The summed E-state index contributed by atoms with van der Waals surface area (Å²) in [5.41, 5.74) is 10.2. The van der Waals surface area contributed by atoms with E-state index in [0.29, 0.717) is 5.69 Å². The average molecular weight is 402 g/mol. The molecule has 3 rings (SSSR count). The standard InChI is InChI=1S/C24H26N4O2/c1-15-6-10-22(11-7-15)28-18(4)13-20(19(28)5)14-25-27-24(30)23(29)26-21-9-8-16(2)17(3)12-21/h6-14H,1-5H3,(H,26,29)(H,27,30)/b25-14-. The van der Waals surface area contributed by atoms with Crippen LogP contribution >= 0.6 is 0 Å². The van der Waals surface area contributed by atoms with Gasteiger partial charge in [-0.25, -0.2) is 5.43 Å². The van der Waals surface area contributed by atoms with Crippen LogP contribution in [0.2, 0.25) is 0 Å². The maximum absolute atomic E-state index is 12.1. The molecule has 0 bridgehead atoms. The van der Waals surface area contributed by atoms with Crippen molar-refractivity contribution in [1.82, 2.24) is 9.99 Å². The maximum atomic E-state index is 12.1. The smallest absolute Gasteiger partial charge is 0.318 e. The average Bonchev–Trinajstić information content (AvgIpc) is 2.99. The predicted molar refractivity (Wildman–Crippen MR) is 120 cm³/mol. The van der Waals surface area contributed by atoms with Crippen molar-refractivity contribution < 1.29 is 9.59 Å². The summed E-state index contributed by atoms with van der Waals surface area (Å²) in [6.45, 7) is 9.99. The first-order valence-electron chi connectivity index (χ1n) is 9.74. The lowest BCUT2D eigenvalue weighted by Gasteiger charge is -2.09. The molecule has 3 aromatic rings. The lowest BCUT2D eigenvalue weighted by molar-refractivity contribution is -0.136. The monoisotopic (exact) mass is 402 g/mol. The highest BCUT2D eigenvalue weighted by Crippen LogP contribution is 2.20. The van der Waals surface area contributed by atoms with Crippen molar-refractivity contribution in [2.45, 2.75) is 34.6 Å². The second-order valence-corrected chi connectivity index (χ2v) is 7.45. The number of benzene rings is 2. The van der Waals surface area contributed by atoms with Crippen molar-refractivity contribution in [3.63, 3.8) is 0 Å². The maximum Gasteiger partial charge on any atom is 0.329 e. The van der Waals surface area contributed by atoms with E-state index in [1.807, 2.05) is 45.9 Å². The Bertz CT molecular complexity index is 1120. The third kappa shape index (κ3) is 4.66. The highest BCUT2D eigenvalue weighted by molar-refractivity contribution is 6.39. The van der Waals surface area contributed by atoms with Crippen LogP contribution in [-0.4, -0.2) is 22.6 Å². The number of amides is 2. The first-order valence-corrected chi connectivity index (χ1v) is 9.74. The van der Waals surface area contributed by atoms with Crippen molar-refractivity contribution in [1.29, 1.82) is 0 Å². The van der Waals surface area contributed by atoms with Crippen molar-refractivity contribution >= 4 is 23.7 Å². The Labute approximate surface area is 176 Å². The molecule has 6 nitrogen and oxygen atoms in total. The molecule has 2 aromatic carbocycles. The lowest BCUT2D eigenvalue weighted by atomic mass is 10.1. The number of rotatable bonds is 4. The van der Waals surface area contributed by atoms with Crippen molar-refractivity contribution in [2.75, 3.05) is 5.32 Å². The Morgan fingerprint density at radius 2 is 1.57 bits per heavy atom. The van der Waals surface area contributed by atoms with E-state index < -0.39 is 11.8 Å². The summed E-state index contributed by atoms with van der Waals surface area (Å²) in [7, 11) is 0. The van der Waals surface area contributed by atoms with E-state index in [-0.39, 0.29) is 0 Å². The summed E-state index contributed by atoms with van der Waals surface area (Å²) in [4.78, 5) is 24.1. The quantitative estimate of drug-likeness (QED) is 0.391. The fourth-order valence-electron chi connectivity index (χ4n) is 3.23. The number of aromatic nitrogens is 1. The lowest BCUT2D eigenvalue weighted by Crippen LogP contribution is -2.32. The highest BCUT2D eigenvalue weighted by atomic mass is 16.2. The Hall–Kier alpha value is -3.67. The van der Waals surface area contributed by atoms with Gasteiger partial charge >= 0.3 is 11.8 Å². The first-order chi connectivity index (χ1) is 14.3. The van der Waals surface area contributed by atoms with Gasteiger partial charge in [0.05, 0.1) is 6.21 Å². The molecule has 0 aliphatic carbocycles. The van der Waals surface area contributed by atoms with Gasteiger partial charge in [0.2, 0.25) is 0 Å². The molecular weight excluding hydrogens is 376 g/mol. The highest BCUT2D eigenvalue weighted by Gasteiger charge is 2.14. The molecule has 0 aliphatic heterocycles. The van der Waals surface area contributed by atoms with E-state index in [0.717, 1.165) is 33.8 Å². The molecule has 0 radical (unpaired) electrons. The first kappa shape index (κ1) is 21.0. The molecule has 0 aliphatic rings. The normalized spacial score (nSPS) is 11.0. The second-order valence-electron chi connectivity index (χ2n) is 7.45. The van der Waals surface area contributed by atoms with Crippen LogP contribution in [-0.2, 0) is 9.59 Å². The third-order valence-electron chi connectivity index (χ3n) is 5.10. The Balaban J connectivity index is 1.66. The predicted octanol–water partition coefficient (Wildman–Crippen LogP) is 4.11. The van der Waals surface area contributed by atoms with Gasteiger partial charge < -0.3 is 9.88 Å². The fraction of sp³-hybridized carbons (Fsp3) is 0.208. The Kier molecular flexibility index (Phi) is 6.16. The van der Waals surface area contributed by atoms with Gasteiger partial charge in [0.25, 0.3) is 0 Å². The number of carbonyl (C=O) groups excluding carboxylic acids is 2. The molecule has 30 heavy (non-hydrogen) atoms. The number of aryl methyl sites for hydroxylation is 4. The molecule has 0 spiro atoms. The molecule has 154 valence electrons. The van der Waals surface area contributed by atoms with Crippen LogP contribution in [0.25, 0.3) is 5.69 Å². The number of hydrazone groups is 1. The largest absolute Gasteiger partial charge is 0.329 e. The number of hydrogen-bond donors (Lipinski definition) is 2. The van der Waals surface area contributed by atoms with E-state index in [1.54, 1.807) is 12.3 Å². The summed E-state index contributed by atoms with van der Waals surface area (Å²) in [5.74, 6) is -1.59. The molecule has 0 saturated carbocycles. The van der Waals surface area contributed by atoms with Gasteiger partial charge in [0.1, 0.15) is 0 Å². The number of hydrogen-bond acceptors (Lipinski definition) is 3. The van der Waals surface area contributed by atoms with Crippen molar-refractivity contribution in [2.24, 2.45) is 5.10 Å². The van der Waals surface area contributed by atoms with Gasteiger partial charge in [-0.2, -0.15) is 5.10 Å². The molecule has 0 saturated heterocycles. The van der Waals surface area contributed by atoms with Crippen LogP contribution in [0.5, 0.6) is 0 Å². The summed E-state index contributed by atoms with van der Waals surface area (Å²) in [5, 5.41) is 6.54. The Morgan fingerprint density at radius 3 is 2.23 bits per heavy atom. The van der Waals surface area contributed by atoms with E-state index >= 15 is 0 Å². The number of anilines is 1. The van der Waals surface area contributed by atoms with Gasteiger partial charge in [-0.3, -0.25) is 9.59 Å². The molecular formula is C24H26N4O2. The summed E-state index contributed by atoms with van der Waals surface area (Å²) >= 11 is 0. The van der Waals surface area contributed by atoms with E-state index in [4.69, 9.17) is 0 Å².